The van der Waals surface area contributed by atoms with Gasteiger partial charge in [-0.15, -0.1) is 11.3 Å². The highest BCUT2D eigenvalue weighted by atomic mass is 32.1. The highest BCUT2D eigenvalue weighted by molar-refractivity contribution is 7.11. The van der Waals surface area contributed by atoms with Gasteiger partial charge in [0.2, 0.25) is 0 Å². The molecule has 0 aliphatic carbocycles. The monoisotopic (exact) mass is 240 g/mol. The molecule has 1 aromatic heterocycles. The maximum absolute atomic E-state index is 9.07. The van der Waals surface area contributed by atoms with Gasteiger partial charge in [0.25, 0.3) is 0 Å². The molecule has 0 aliphatic heterocycles. The molecule has 17 heavy (non-hydrogen) atoms. The Morgan fingerprint density at radius 2 is 2.06 bits per heavy atom. The molecular weight excluding hydrogens is 228 g/mol. The summed E-state index contributed by atoms with van der Waals surface area (Å²) >= 11 is 1.56. The van der Waals surface area contributed by atoms with Gasteiger partial charge < -0.3 is 5.32 Å². The molecule has 3 heteroatoms. The van der Waals surface area contributed by atoms with Crippen LogP contribution in [-0.2, 0) is 0 Å². The summed E-state index contributed by atoms with van der Waals surface area (Å²) in [5, 5.41) is 14.2. The van der Waals surface area contributed by atoms with Crippen molar-refractivity contribution in [1.29, 1.82) is 5.26 Å². The summed E-state index contributed by atoms with van der Waals surface area (Å²) in [4.78, 5) is 0.979. The fourth-order valence-electron chi connectivity index (χ4n) is 1.40. The number of hydrogen-bond acceptors (Lipinski definition) is 3. The largest absolute Gasteiger partial charge is 0.360 e. The van der Waals surface area contributed by atoms with E-state index in [-0.39, 0.29) is 0 Å². The number of anilines is 1. The standard InChI is InChI=1S/C14H12N2S/c1-11-4-6-13(7-5-11)16-10-12(9-15)14-3-2-8-17-14/h2-8,10,16H,1H3/b12-10+. The van der Waals surface area contributed by atoms with Gasteiger partial charge in [0.05, 0.1) is 5.57 Å². The Balaban J connectivity index is 2.14. The van der Waals surface area contributed by atoms with E-state index in [1.165, 1.54) is 5.56 Å². The van der Waals surface area contributed by atoms with Gasteiger partial charge in [-0.2, -0.15) is 5.26 Å². The summed E-state index contributed by atoms with van der Waals surface area (Å²) in [6.45, 7) is 2.05. The van der Waals surface area contributed by atoms with Crippen LogP contribution < -0.4 is 5.32 Å². The van der Waals surface area contributed by atoms with E-state index in [2.05, 4.69) is 11.4 Å². The van der Waals surface area contributed by atoms with Gasteiger partial charge in [-0.25, -0.2) is 0 Å². The van der Waals surface area contributed by atoms with Crippen LogP contribution in [0.25, 0.3) is 5.57 Å². The second kappa shape index (κ2) is 5.33. The van der Waals surface area contributed by atoms with Gasteiger partial charge in [-0.05, 0) is 30.5 Å². The normalized spacial score (nSPS) is 10.9. The van der Waals surface area contributed by atoms with Gasteiger partial charge in [0.15, 0.2) is 0 Å². The molecule has 0 aliphatic rings. The minimum absolute atomic E-state index is 0.653. The Kier molecular flexibility index (Phi) is 3.59. The molecular formula is C14H12N2S. The molecule has 0 unspecified atom stereocenters. The molecule has 1 heterocycles. The molecule has 0 amide bonds. The number of allylic oxidation sites excluding steroid dienone is 1. The fraction of sp³-hybridized carbons (Fsp3) is 0.0714. The van der Waals surface area contributed by atoms with Crippen LogP contribution in [0.4, 0.5) is 5.69 Å². The van der Waals surface area contributed by atoms with Crippen LogP contribution in [0.2, 0.25) is 0 Å². The average Bonchev–Trinajstić information content (AvgIpc) is 2.86. The van der Waals surface area contributed by atoms with Gasteiger partial charge in [0, 0.05) is 16.8 Å². The van der Waals surface area contributed by atoms with E-state index in [1.807, 2.05) is 48.7 Å². The quantitative estimate of drug-likeness (QED) is 0.822. The summed E-state index contributed by atoms with van der Waals surface area (Å²) in [7, 11) is 0. The Labute approximate surface area is 105 Å². The lowest BCUT2D eigenvalue weighted by atomic mass is 10.2. The zero-order valence-corrected chi connectivity index (χ0v) is 10.3. The van der Waals surface area contributed by atoms with Crippen LogP contribution in [0.5, 0.6) is 0 Å². The summed E-state index contributed by atoms with van der Waals surface area (Å²) in [6.07, 6.45) is 1.75. The Morgan fingerprint density at radius 3 is 2.65 bits per heavy atom. The van der Waals surface area contributed by atoms with Gasteiger partial charge in [-0.1, -0.05) is 23.8 Å². The second-order valence-electron chi connectivity index (χ2n) is 3.66. The van der Waals surface area contributed by atoms with E-state index in [0.29, 0.717) is 5.57 Å². The van der Waals surface area contributed by atoms with Gasteiger partial charge in [-0.3, -0.25) is 0 Å². The Morgan fingerprint density at radius 1 is 1.29 bits per heavy atom. The third kappa shape index (κ3) is 2.96. The minimum atomic E-state index is 0.653. The first-order valence-electron chi connectivity index (χ1n) is 5.27. The molecule has 0 bridgehead atoms. The molecule has 0 spiro atoms. The first-order valence-corrected chi connectivity index (χ1v) is 6.15. The van der Waals surface area contributed by atoms with Crippen molar-refractivity contribution in [2.45, 2.75) is 6.92 Å². The number of aryl methyl sites for hydroxylation is 1. The number of benzene rings is 1. The van der Waals surface area contributed by atoms with Crippen LogP contribution in [0, 0.1) is 18.3 Å². The topological polar surface area (TPSA) is 35.8 Å². The molecule has 2 rings (SSSR count). The summed E-state index contributed by atoms with van der Waals surface area (Å²) in [5.74, 6) is 0. The number of nitrogens with one attached hydrogen (secondary N) is 1. The maximum atomic E-state index is 9.07. The average molecular weight is 240 g/mol. The molecule has 0 radical (unpaired) electrons. The van der Waals surface area contributed by atoms with Crippen molar-refractivity contribution < 1.29 is 0 Å². The van der Waals surface area contributed by atoms with Crippen LogP contribution in [0.1, 0.15) is 10.4 Å². The number of nitrogens with zero attached hydrogens (tertiary/aromatic N) is 1. The summed E-state index contributed by atoms with van der Waals surface area (Å²) in [6, 6.07) is 14.1. The minimum Gasteiger partial charge on any atom is -0.360 e. The number of hydrogen-bond donors (Lipinski definition) is 1. The van der Waals surface area contributed by atoms with Crippen molar-refractivity contribution in [3.8, 4) is 6.07 Å². The molecule has 2 nitrogen and oxygen atoms in total. The first-order chi connectivity index (χ1) is 8.29. The lowest BCUT2D eigenvalue weighted by Crippen LogP contribution is -1.89. The third-order valence-electron chi connectivity index (χ3n) is 2.34. The SMILES string of the molecule is Cc1ccc(N/C=C(\C#N)c2cccs2)cc1. The van der Waals surface area contributed by atoms with Gasteiger partial charge in [0.1, 0.15) is 6.07 Å². The van der Waals surface area contributed by atoms with Crippen molar-refractivity contribution >= 4 is 22.6 Å². The molecule has 1 N–H and O–H groups in total. The van der Waals surface area contributed by atoms with Crippen LogP contribution in [0.15, 0.2) is 48.0 Å². The molecule has 0 saturated heterocycles. The summed E-state index contributed by atoms with van der Waals surface area (Å²) in [5.41, 5.74) is 2.86. The lowest BCUT2D eigenvalue weighted by Gasteiger charge is -2.01. The zero-order chi connectivity index (χ0) is 12.1. The van der Waals surface area contributed by atoms with Crippen LogP contribution in [-0.4, -0.2) is 0 Å². The molecule has 2 aromatic rings. The van der Waals surface area contributed by atoms with Gasteiger partial charge >= 0.3 is 0 Å². The van der Waals surface area contributed by atoms with Crippen molar-refractivity contribution in [3.05, 3.63) is 58.4 Å². The molecule has 0 fully saturated rings. The van der Waals surface area contributed by atoms with E-state index >= 15 is 0 Å². The van der Waals surface area contributed by atoms with Crippen molar-refractivity contribution in [1.82, 2.24) is 0 Å². The molecule has 0 atom stereocenters. The van der Waals surface area contributed by atoms with Crippen molar-refractivity contribution in [3.63, 3.8) is 0 Å². The van der Waals surface area contributed by atoms with E-state index in [1.54, 1.807) is 17.5 Å². The van der Waals surface area contributed by atoms with Crippen molar-refractivity contribution in [2.24, 2.45) is 0 Å². The highest BCUT2D eigenvalue weighted by Crippen LogP contribution is 2.19. The second-order valence-corrected chi connectivity index (χ2v) is 4.61. The molecule has 0 saturated carbocycles. The highest BCUT2D eigenvalue weighted by Gasteiger charge is 2.00. The predicted molar refractivity (Wildman–Crippen MR) is 72.7 cm³/mol. The number of rotatable bonds is 3. The smallest absolute Gasteiger partial charge is 0.102 e. The predicted octanol–water partition coefficient (Wildman–Crippen LogP) is 4.03. The first kappa shape index (κ1) is 11.4. The fourth-order valence-corrected chi connectivity index (χ4v) is 2.09. The van der Waals surface area contributed by atoms with E-state index in [9.17, 15) is 0 Å². The van der Waals surface area contributed by atoms with Crippen LogP contribution in [0.3, 0.4) is 0 Å². The van der Waals surface area contributed by atoms with E-state index in [0.717, 1.165) is 10.6 Å². The third-order valence-corrected chi connectivity index (χ3v) is 3.24. The Bertz CT molecular complexity index is 545. The maximum Gasteiger partial charge on any atom is 0.102 e. The number of nitriles is 1. The van der Waals surface area contributed by atoms with Crippen LogP contribution >= 0.6 is 11.3 Å². The van der Waals surface area contributed by atoms with E-state index < -0.39 is 0 Å². The number of thiophene rings is 1. The lowest BCUT2D eigenvalue weighted by molar-refractivity contribution is 1.46. The van der Waals surface area contributed by atoms with E-state index in [4.69, 9.17) is 5.26 Å². The van der Waals surface area contributed by atoms with Crippen molar-refractivity contribution in [2.75, 3.05) is 5.32 Å². The summed E-state index contributed by atoms with van der Waals surface area (Å²) < 4.78 is 0. The Hall–Kier alpha value is -2.05. The molecule has 84 valence electrons. The molecule has 1 aromatic carbocycles. The zero-order valence-electron chi connectivity index (χ0n) is 9.47.